The summed E-state index contributed by atoms with van der Waals surface area (Å²) in [7, 11) is 0. The third-order valence-electron chi connectivity index (χ3n) is 2.49. The second-order valence-corrected chi connectivity index (χ2v) is 3.97. The number of rotatable bonds is 2. The minimum atomic E-state index is -0.575. The Hall–Kier alpha value is -2.78. The molecule has 21 heavy (non-hydrogen) atoms. The summed E-state index contributed by atoms with van der Waals surface area (Å²) < 4.78 is 25.9. The second-order valence-electron chi connectivity index (χ2n) is 3.97. The highest BCUT2D eigenvalue weighted by molar-refractivity contribution is 6.03. The zero-order valence-corrected chi connectivity index (χ0v) is 10.7. The molecular formula is C15H10F2N2O2. The SMILES string of the molecule is O=C(Nc1ccc(F)cc1C#CCO)c1ccc(F)cn1. The fourth-order valence-corrected chi connectivity index (χ4v) is 1.56. The Bertz CT molecular complexity index is 719. The standard InChI is InChI=1S/C15H10F2N2O2/c16-11-3-5-13(10(8-11)2-1-7-20)19-15(21)14-6-4-12(17)9-18-14/h3-6,8-9,20H,7H2,(H,19,21). The number of aliphatic hydroxyl groups is 1. The van der Waals surface area contributed by atoms with Gasteiger partial charge in [-0.3, -0.25) is 4.79 Å². The summed E-state index contributed by atoms with van der Waals surface area (Å²) >= 11 is 0. The molecule has 2 aromatic rings. The summed E-state index contributed by atoms with van der Waals surface area (Å²) in [6.07, 6.45) is 0.923. The van der Waals surface area contributed by atoms with Crippen LogP contribution in [0.5, 0.6) is 0 Å². The maximum atomic E-state index is 13.2. The molecule has 1 amide bonds. The number of halogens is 2. The quantitative estimate of drug-likeness (QED) is 0.830. The van der Waals surface area contributed by atoms with Crippen molar-refractivity contribution in [3.05, 3.63) is 59.4 Å². The molecule has 2 rings (SSSR count). The van der Waals surface area contributed by atoms with Crippen LogP contribution in [-0.4, -0.2) is 22.6 Å². The molecule has 2 N–H and O–H groups in total. The molecule has 0 saturated heterocycles. The number of pyridine rings is 1. The van der Waals surface area contributed by atoms with E-state index in [4.69, 9.17) is 5.11 Å². The van der Waals surface area contributed by atoms with Crippen molar-refractivity contribution in [2.75, 3.05) is 11.9 Å². The van der Waals surface area contributed by atoms with Gasteiger partial charge in [0.1, 0.15) is 23.9 Å². The number of nitrogens with zero attached hydrogens (tertiary/aromatic N) is 1. The van der Waals surface area contributed by atoms with E-state index in [9.17, 15) is 13.6 Å². The third kappa shape index (κ3) is 3.84. The van der Waals surface area contributed by atoms with Crippen molar-refractivity contribution in [1.82, 2.24) is 4.98 Å². The number of anilines is 1. The van der Waals surface area contributed by atoms with Crippen LogP contribution in [0.3, 0.4) is 0 Å². The van der Waals surface area contributed by atoms with Gasteiger partial charge >= 0.3 is 0 Å². The lowest BCUT2D eigenvalue weighted by Crippen LogP contribution is -2.14. The van der Waals surface area contributed by atoms with Gasteiger partial charge in [0.25, 0.3) is 5.91 Å². The molecule has 1 aromatic heterocycles. The van der Waals surface area contributed by atoms with Gasteiger partial charge in [0.05, 0.1) is 17.4 Å². The van der Waals surface area contributed by atoms with Crippen LogP contribution >= 0.6 is 0 Å². The number of carbonyl (C=O) groups is 1. The van der Waals surface area contributed by atoms with E-state index >= 15 is 0 Å². The minimum absolute atomic E-state index is 0.0155. The zero-order valence-electron chi connectivity index (χ0n) is 10.7. The first-order valence-corrected chi connectivity index (χ1v) is 5.92. The molecule has 0 aliphatic rings. The Morgan fingerprint density at radius 2 is 2.00 bits per heavy atom. The van der Waals surface area contributed by atoms with E-state index in [1.54, 1.807) is 0 Å². The second kappa shape index (κ2) is 6.59. The van der Waals surface area contributed by atoms with Crippen molar-refractivity contribution in [3.63, 3.8) is 0 Å². The summed E-state index contributed by atoms with van der Waals surface area (Å²) in [5, 5.41) is 11.2. The van der Waals surface area contributed by atoms with E-state index in [0.717, 1.165) is 24.4 Å². The maximum Gasteiger partial charge on any atom is 0.274 e. The molecule has 106 valence electrons. The van der Waals surface area contributed by atoms with E-state index in [2.05, 4.69) is 22.1 Å². The van der Waals surface area contributed by atoms with E-state index in [-0.39, 0.29) is 23.6 Å². The average Bonchev–Trinajstić information content (AvgIpc) is 2.48. The highest BCUT2D eigenvalue weighted by Crippen LogP contribution is 2.17. The first-order valence-electron chi connectivity index (χ1n) is 5.92. The van der Waals surface area contributed by atoms with E-state index in [1.807, 2.05) is 0 Å². The van der Waals surface area contributed by atoms with Gasteiger partial charge < -0.3 is 10.4 Å². The summed E-state index contributed by atoms with van der Waals surface area (Å²) in [5.74, 6) is 3.26. The largest absolute Gasteiger partial charge is 0.384 e. The Balaban J connectivity index is 2.26. The van der Waals surface area contributed by atoms with E-state index in [0.29, 0.717) is 0 Å². The van der Waals surface area contributed by atoms with Gasteiger partial charge in [-0.2, -0.15) is 0 Å². The number of benzene rings is 1. The van der Waals surface area contributed by atoms with Crippen LogP contribution in [0.2, 0.25) is 0 Å². The van der Waals surface area contributed by atoms with Crippen LogP contribution in [0.25, 0.3) is 0 Å². The average molecular weight is 288 g/mol. The monoisotopic (exact) mass is 288 g/mol. The Labute approximate surface area is 119 Å². The lowest BCUT2D eigenvalue weighted by molar-refractivity contribution is 0.102. The molecule has 1 aromatic carbocycles. The van der Waals surface area contributed by atoms with Crippen molar-refractivity contribution in [3.8, 4) is 11.8 Å². The van der Waals surface area contributed by atoms with Crippen LogP contribution in [0, 0.1) is 23.5 Å². The van der Waals surface area contributed by atoms with Crippen molar-refractivity contribution in [2.24, 2.45) is 0 Å². The predicted molar refractivity (Wildman–Crippen MR) is 72.5 cm³/mol. The Morgan fingerprint density at radius 3 is 2.67 bits per heavy atom. The molecule has 4 nitrogen and oxygen atoms in total. The van der Waals surface area contributed by atoms with E-state index < -0.39 is 17.5 Å². The van der Waals surface area contributed by atoms with Crippen LogP contribution < -0.4 is 5.32 Å². The number of hydrogen-bond acceptors (Lipinski definition) is 3. The minimum Gasteiger partial charge on any atom is -0.384 e. The van der Waals surface area contributed by atoms with Crippen molar-refractivity contribution < 1.29 is 18.7 Å². The van der Waals surface area contributed by atoms with Crippen molar-refractivity contribution in [1.29, 1.82) is 0 Å². The Kier molecular flexibility index (Phi) is 4.59. The summed E-state index contributed by atoms with van der Waals surface area (Å²) in [4.78, 5) is 15.6. The third-order valence-corrected chi connectivity index (χ3v) is 2.49. The molecule has 1 heterocycles. The molecule has 0 aliphatic heterocycles. The molecule has 0 radical (unpaired) electrons. The lowest BCUT2D eigenvalue weighted by Gasteiger charge is -2.07. The van der Waals surface area contributed by atoms with Crippen molar-refractivity contribution in [2.45, 2.75) is 0 Å². The molecule has 0 atom stereocenters. The molecule has 0 fully saturated rings. The molecule has 0 spiro atoms. The highest BCUT2D eigenvalue weighted by atomic mass is 19.1. The van der Waals surface area contributed by atoms with Crippen LogP contribution in [0.4, 0.5) is 14.5 Å². The number of amides is 1. The van der Waals surface area contributed by atoms with Crippen LogP contribution in [0.15, 0.2) is 36.5 Å². The zero-order chi connectivity index (χ0) is 15.2. The van der Waals surface area contributed by atoms with Gasteiger partial charge in [0.2, 0.25) is 0 Å². The fourth-order valence-electron chi connectivity index (χ4n) is 1.56. The van der Waals surface area contributed by atoms with Crippen LogP contribution in [0.1, 0.15) is 16.1 Å². The van der Waals surface area contributed by atoms with Gasteiger partial charge in [0, 0.05) is 0 Å². The maximum absolute atomic E-state index is 13.2. The lowest BCUT2D eigenvalue weighted by atomic mass is 10.1. The van der Waals surface area contributed by atoms with Gasteiger partial charge in [-0.05, 0) is 30.3 Å². The molecule has 0 bridgehead atoms. The normalized spacial score (nSPS) is 9.67. The number of carbonyl (C=O) groups excluding carboxylic acids is 1. The number of nitrogens with one attached hydrogen (secondary N) is 1. The fraction of sp³-hybridized carbons (Fsp3) is 0.0667. The summed E-state index contributed by atoms with van der Waals surface area (Å²) in [5.41, 5.74) is 0.509. The van der Waals surface area contributed by atoms with Crippen LogP contribution in [-0.2, 0) is 0 Å². The topological polar surface area (TPSA) is 62.2 Å². The Morgan fingerprint density at radius 1 is 1.24 bits per heavy atom. The number of aliphatic hydroxyl groups excluding tert-OH is 1. The molecule has 0 aliphatic carbocycles. The van der Waals surface area contributed by atoms with Gasteiger partial charge in [-0.1, -0.05) is 11.8 Å². The molecule has 0 unspecified atom stereocenters. The van der Waals surface area contributed by atoms with Gasteiger partial charge in [-0.25, -0.2) is 13.8 Å². The number of aromatic nitrogens is 1. The van der Waals surface area contributed by atoms with E-state index in [1.165, 1.54) is 12.1 Å². The molecule has 6 heteroatoms. The predicted octanol–water partition coefficient (Wildman–Crippen LogP) is 1.96. The summed E-state index contributed by atoms with van der Waals surface area (Å²) in [6.45, 7) is -0.385. The first-order chi connectivity index (χ1) is 10.1. The molecule has 0 saturated carbocycles. The van der Waals surface area contributed by atoms with Gasteiger partial charge in [0.15, 0.2) is 0 Å². The number of hydrogen-bond donors (Lipinski definition) is 2. The van der Waals surface area contributed by atoms with Crippen molar-refractivity contribution >= 4 is 11.6 Å². The van der Waals surface area contributed by atoms with Gasteiger partial charge in [-0.15, -0.1) is 0 Å². The summed E-state index contributed by atoms with van der Waals surface area (Å²) in [6, 6.07) is 5.98. The molecular weight excluding hydrogens is 278 g/mol. The highest BCUT2D eigenvalue weighted by Gasteiger charge is 2.10. The smallest absolute Gasteiger partial charge is 0.274 e. The first kappa shape index (κ1) is 14.6.